The first-order valence-electron chi connectivity index (χ1n) is 18.8. The third kappa shape index (κ3) is 5.25. The third-order valence-electron chi connectivity index (χ3n) is 15.2. The van der Waals surface area contributed by atoms with E-state index in [9.17, 15) is 29.1 Å². The van der Waals surface area contributed by atoms with Crippen molar-refractivity contribution in [2.24, 2.45) is 50.7 Å². The van der Waals surface area contributed by atoms with Gasteiger partial charge in [0.05, 0.1) is 17.4 Å². The quantitative estimate of drug-likeness (QED) is 0.256. The summed E-state index contributed by atoms with van der Waals surface area (Å²) in [5.41, 5.74) is -0.615. The minimum Gasteiger partial charge on any atom is -0.481 e. The number of H-pyrrole nitrogens is 1. The fourth-order valence-electron chi connectivity index (χ4n) is 12.5. The van der Waals surface area contributed by atoms with Crippen molar-refractivity contribution in [3.05, 3.63) is 45.4 Å². The van der Waals surface area contributed by atoms with E-state index in [0.29, 0.717) is 18.3 Å². The van der Waals surface area contributed by atoms with Crippen molar-refractivity contribution in [2.75, 3.05) is 0 Å². The zero-order chi connectivity index (χ0) is 36.8. The lowest BCUT2D eigenvalue weighted by Gasteiger charge is -2.72. The number of rotatable bonds is 7. The van der Waals surface area contributed by atoms with Gasteiger partial charge in [-0.05, 0) is 116 Å². The number of fused-ring (bicyclic) bond motifs is 7. The van der Waals surface area contributed by atoms with Crippen LogP contribution in [0.5, 0.6) is 0 Å². The highest BCUT2D eigenvalue weighted by Gasteiger charge is 2.70. The molecule has 0 radical (unpaired) electrons. The Labute approximate surface area is 296 Å². The summed E-state index contributed by atoms with van der Waals surface area (Å²) >= 11 is 0. The SMILES string of the molecule is CC(C)C1=C2[C@H]3CCC4C5(C)CC[C@H](OC(=O)CC(C)(C)C(=O)O)C(C)(C)C5CC[C@@]4(C)[C@]3(C)CC[C@@]2(NC(=O)c2c[nH]ccc2=O)CC1=O. The van der Waals surface area contributed by atoms with Crippen molar-refractivity contribution in [1.82, 2.24) is 10.3 Å². The minimum absolute atomic E-state index is 0.0141. The second-order valence-electron chi connectivity index (χ2n) is 18.9. The summed E-state index contributed by atoms with van der Waals surface area (Å²) in [5, 5.41) is 12.9. The van der Waals surface area contributed by atoms with Gasteiger partial charge in [0, 0.05) is 30.3 Å². The van der Waals surface area contributed by atoms with Crippen LogP contribution in [0.2, 0.25) is 0 Å². The lowest BCUT2D eigenvalue weighted by Crippen LogP contribution is -2.67. The molecule has 4 fully saturated rings. The van der Waals surface area contributed by atoms with Gasteiger partial charge in [-0.3, -0.25) is 24.0 Å². The van der Waals surface area contributed by atoms with Gasteiger partial charge >= 0.3 is 11.9 Å². The lowest BCUT2D eigenvalue weighted by molar-refractivity contribution is -0.232. The van der Waals surface area contributed by atoms with Crippen LogP contribution in [0.4, 0.5) is 0 Å². The number of carbonyl (C=O) groups excluding carboxylic acids is 3. The van der Waals surface area contributed by atoms with Gasteiger partial charge < -0.3 is 20.1 Å². The number of ether oxygens (including phenoxy) is 1. The Hall–Kier alpha value is -3.23. The number of carboxylic acid groups (broad SMARTS) is 1. The van der Waals surface area contributed by atoms with E-state index < -0.39 is 28.8 Å². The van der Waals surface area contributed by atoms with E-state index in [4.69, 9.17) is 4.74 Å². The van der Waals surface area contributed by atoms with E-state index in [0.717, 1.165) is 56.1 Å². The van der Waals surface area contributed by atoms with Crippen LogP contribution in [0.15, 0.2) is 34.4 Å². The van der Waals surface area contributed by atoms with E-state index in [2.05, 4.69) is 58.8 Å². The molecule has 8 atom stereocenters. The monoisotopic (exact) mass is 690 g/mol. The summed E-state index contributed by atoms with van der Waals surface area (Å²) in [4.78, 5) is 67.9. The number of aromatic nitrogens is 1. The summed E-state index contributed by atoms with van der Waals surface area (Å²) in [5.74, 6) is -0.832. The molecule has 5 aliphatic rings. The van der Waals surface area contributed by atoms with Crippen molar-refractivity contribution >= 4 is 23.6 Å². The highest BCUT2D eigenvalue weighted by molar-refractivity contribution is 6.03. The zero-order valence-electron chi connectivity index (χ0n) is 31.6. The molecule has 1 heterocycles. The summed E-state index contributed by atoms with van der Waals surface area (Å²) < 4.78 is 6.13. The maximum atomic E-state index is 13.9. The van der Waals surface area contributed by atoms with E-state index in [1.165, 1.54) is 18.5 Å². The van der Waals surface area contributed by atoms with Crippen molar-refractivity contribution in [3.63, 3.8) is 0 Å². The number of aromatic amines is 1. The Morgan fingerprint density at radius 2 is 1.66 bits per heavy atom. The molecule has 50 heavy (non-hydrogen) atoms. The molecule has 1 aromatic rings. The van der Waals surface area contributed by atoms with E-state index >= 15 is 0 Å². The summed E-state index contributed by atoms with van der Waals surface area (Å²) in [6.45, 7) is 19.2. The number of allylic oxidation sites excluding steroid dienone is 1. The molecule has 0 aromatic carbocycles. The molecule has 0 bridgehead atoms. The van der Waals surface area contributed by atoms with Gasteiger partial charge in [0.15, 0.2) is 11.2 Å². The van der Waals surface area contributed by atoms with Crippen LogP contribution in [-0.4, -0.2) is 45.4 Å². The molecule has 9 heteroatoms. The molecule has 1 aromatic heterocycles. The normalized spacial score (nSPS) is 37.7. The molecule has 5 aliphatic carbocycles. The van der Waals surface area contributed by atoms with Crippen LogP contribution in [-0.2, 0) is 19.1 Å². The van der Waals surface area contributed by atoms with E-state index in [1.54, 1.807) is 13.8 Å². The van der Waals surface area contributed by atoms with Crippen molar-refractivity contribution in [3.8, 4) is 0 Å². The van der Waals surface area contributed by atoms with Gasteiger partial charge in [0.25, 0.3) is 5.91 Å². The second-order valence-corrected chi connectivity index (χ2v) is 18.9. The molecule has 0 aliphatic heterocycles. The Balaban J connectivity index is 1.31. The van der Waals surface area contributed by atoms with Gasteiger partial charge in [-0.15, -0.1) is 0 Å². The molecular weight excluding hydrogens is 632 g/mol. The maximum absolute atomic E-state index is 13.9. The largest absolute Gasteiger partial charge is 0.481 e. The number of pyridine rings is 1. The van der Waals surface area contributed by atoms with Crippen molar-refractivity contribution in [2.45, 2.75) is 138 Å². The van der Waals surface area contributed by atoms with Gasteiger partial charge in [0.2, 0.25) is 0 Å². The van der Waals surface area contributed by atoms with Gasteiger partial charge in [0.1, 0.15) is 11.7 Å². The number of aliphatic carboxylic acids is 1. The number of carboxylic acids is 1. The Morgan fingerprint density at radius 1 is 0.960 bits per heavy atom. The molecule has 1 amide bonds. The van der Waals surface area contributed by atoms with Gasteiger partial charge in [-0.2, -0.15) is 0 Å². The molecule has 274 valence electrons. The highest BCUT2D eigenvalue weighted by atomic mass is 16.5. The zero-order valence-corrected chi connectivity index (χ0v) is 31.6. The van der Waals surface area contributed by atoms with Gasteiger partial charge in [-0.1, -0.05) is 48.5 Å². The number of Topliss-reactive ketones (excluding diaryl/α,β-unsaturated/α-hetero) is 1. The molecule has 3 N–H and O–H groups in total. The van der Waals surface area contributed by atoms with Crippen molar-refractivity contribution in [1.29, 1.82) is 0 Å². The van der Waals surface area contributed by atoms with E-state index in [1.807, 2.05) is 0 Å². The molecule has 4 saturated carbocycles. The first-order chi connectivity index (χ1) is 23.1. The topological polar surface area (TPSA) is 143 Å². The first kappa shape index (κ1) is 36.6. The second kappa shape index (κ2) is 11.9. The number of hydrogen-bond donors (Lipinski definition) is 3. The number of esters is 1. The average Bonchev–Trinajstić information content (AvgIpc) is 3.30. The van der Waals surface area contributed by atoms with Crippen LogP contribution in [0.25, 0.3) is 0 Å². The average molecular weight is 691 g/mol. The Morgan fingerprint density at radius 3 is 2.30 bits per heavy atom. The van der Waals surface area contributed by atoms with Crippen LogP contribution in [0.3, 0.4) is 0 Å². The number of nitrogens with one attached hydrogen (secondary N) is 2. The molecule has 3 unspecified atom stereocenters. The molecule has 9 nitrogen and oxygen atoms in total. The predicted molar refractivity (Wildman–Crippen MR) is 190 cm³/mol. The standard InChI is InChI=1S/C41H58N2O7/c1-23(2)32-27(45)20-41(43-34(47)24-22-42-19-14-26(24)44)18-17-39(8)25(33(32)41)10-11-29-38(7)15-13-30(50-31(46)21-36(3,4)35(48)49)37(5,6)28(38)12-16-40(29,39)9/h14,19,22-23,25,28-30H,10-13,15-18,20-21H2,1-9H3,(H,42,44)(H,43,47)(H,48,49)/t25-,28?,29?,30+,38?,39-,40-,41-/m1/s1. The number of amides is 1. The Bertz CT molecular complexity index is 1700. The van der Waals surface area contributed by atoms with Crippen LogP contribution < -0.4 is 10.7 Å². The number of carbonyl (C=O) groups is 4. The van der Waals surface area contributed by atoms with Crippen LogP contribution in [0.1, 0.15) is 137 Å². The number of ketones is 1. The fourth-order valence-corrected chi connectivity index (χ4v) is 12.5. The molecule has 0 spiro atoms. The number of hydrogen-bond acceptors (Lipinski definition) is 6. The highest BCUT2D eigenvalue weighted by Crippen LogP contribution is 2.76. The van der Waals surface area contributed by atoms with Crippen LogP contribution >= 0.6 is 0 Å². The van der Waals surface area contributed by atoms with E-state index in [-0.39, 0.29) is 69.2 Å². The summed E-state index contributed by atoms with van der Waals surface area (Å²) in [6, 6.07) is 1.36. The predicted octanol–water partition coefficient (Wildman–Crippen LogP) is 7.25. The Kier molecular flexibility index (Phi) is 8.71. The summed E-state index contributed by atoms with van der Waals surface area (Å²) in [6.07, 6.45) is 9.98. The van der Waals surface area contributed by atoms with Gasteiger partial charge in [-0.25, -0.2) is 0 Å². The lowest BCUT2D eigenvalue weighted by atomic mass is 9.33. The maximum Gasteiger partial charge on any atom is 0.309 e. The molecule has 0 saturated heterocycles. The third-order valence-corrected chi connectivity index (χ3v) is 15.2. The fraction of sp³-hybridized carbons (Fsp3) is 0.732. The smallest absolute Gasteiger partial charge is 0.309 e. The first-order valence-corrected chi connectivity index (χ1v) is 18.8. The van der Waals surface area contributed by atoms with Crippen molar-refractivity contribution < 1.29 is 29.0 Å². The summed E-state index contributed by atoms with van der Waals surface area (Å²) in [7, 11) is 0. The molecular formula is C41H58N2O7. The molecule has 6 rings (SSSR count). The van der Waals surface area contributed by atoms with Crippen LogP contribution in [0, 0.1) is 50.7 Å². The minimum atomic E-state index is -1.18.